The first-order valence-electron chi connectivity index (χ1n) is 4.36. The average molecular weight is 208 g/mol. The van der Waals surface area contributed by atoms with Gasteiger partial charge >= 0.3 is 0 Å². The van der Waals surface area contributed by atoms with E-state index in [0.717, 1.165) is 23.0 Å². The molecule has 0 aliphatic carbocycles. The van der Waals surface area contributed by atoms with Crippen molar-refractivity contribution in [1.82, 2.24) is 19.7 Å². The van der Waals surface area contributed by atoms with Crippen LogP contribution in [0.15, 0.2) is 23.6 Å². The summed E-state index contributed by atoms with van der Waals surface area (Å²) in [6, 6.07) is 1.92. The Hall–Kier alpha value is -1.07. The number of imidazole rings is 1. The second-order valence-corrected chi connectivity index (χ2v) is 3.70. The molecule has 14 heavy (non-hydrogen) atoms. The van der Waals surface area contributed by atoms with Gasteiger partial charge in [0.25, 0.3) is 0 Å². The summed E-state index contributed by atoms with van der Waals surface area (Å²) < 4.78 is 2.01. The number of nitrogens with zero attached hydrogens (tertiary/aromatic N) is 3. The quantitative estimate of drug-likeness (QED) is 0.607. The van der Waals surface area contributed by atoms with Gasteiger partial charge in [0.05, 0.1) is 5.69 Å². The molecule has 0 saturated carbocycles. The van der Waals surface area contributed by atoms with E-state index in [4.69, 9.17) is 0 Å². The maximum absolute atomic E-state index is 4.46. The molecule has 0 bridgehead atoms. The van der Waals surface area contributed by atoms with Crippen LogP contribution >= 0.6 is 11.8 Å². The number of rotatable bonds is 3. The third kappa shape index (κ3) is 1.60. The zero-order valence-corrected chi connectivity index (χ0v) is 9.01. The van der Waals surface area contributed by atoms with Gasteiger partial charge in [-0.25, -0.2) is 9.97 Å². The van der Waals surface area contributed by atoms with Gasteiger partial charge in [-0.2, -0.15) is 0 Å². The van der Waals surface area contributed by atoms with Gasteiger partial charge in [-0.1, -0.05) is 11.8 Å². The Bertz CT molecular complexity index is 437. The molecule has 0 atom stereocenters. The lowest BCUT2D eigenvalue weighted by Crippen LogP contribution is -2.04. The van der Waals surface area contributed by atoms with Crippen LogP contribution in [0.2, 0.25) is 0 Å². The first kappa shape index (κ1) is 9.48. The number of fused-ring (bicyclic) bond motifs is 1. The SMILES string of the molecule is CNCc1cn2c(SC)nccc2n1. The van der Waals surface area contributed by atoms with Crippen LogP contribution in [-0.2, 0) is 6.54 Å². The molecular formula is C9H12N4S. The molecule has 0 amide bonds. The Morgan fingerprint density at radius 2 is 2.43 bits per heavy atom. The second-order valence-electron chi connectivity index (χ2n) is 2.92. The monoisotopic (exact) mass is 208 g/mol. The zero-order valence-electron chi connectivity index (χ0n) is 8.19. The number of aromatic nitrogens is 3. The molecular weight excluding hydrogens is 196 g/mol. The van der Waals surface area contributed by atoms with Crippen molar-refractivity contribution in [3.63, 3.8) is 0 Å². The van der Waals surface area contributed by atoms with Crippen molar-refractivity contribution in [2.45, 2.75) is 11.7 Å². The fourth-order valence-electron chi connectivity index (χ4n) is 1.36. The largest absolute Gasteiger partial charge is 0.314 e. The van der Waals surface area contributed by atoms with Gasteiger partial charge in [-0.05, 0) is 19.4 Å². The molecule has 5 heteroatoms. The topological polar surface area (TPSA) is 42.2 Å². The number of hydrogen-bond acceptors (Lipinski definition) is 4. The van der Waals surface area contributed by atoms with Gasteiger partial charge in [0.1, 0.15) is 5.65 Å². The Morgan fingerprint density at radius 1 is 1.57 bits per heavy atom. The van der Waals surface area contributed by atoms with Gasteiger partial charge in [0.2, 0.25) is 0 Å². The number of thioether (sulfide) groups is 1. The van der Waals surface area contributed by atoms with Crippen molar-refractivity contribution < 1.29 is 0 Å². The van der Waals surface area contributed by atoms with Crippen LogP contribution in [0.3, 0.4) is 0 Å². The minimum absolute atomic E-state index is 0.787. The van der Waals surface area contributed by atoms with Gasteiger partial charge in [0, 0.05) is 18.9 Å². The van der Waals surface area contributed by atoms with Crippen LogP contribution in [0.1, 0.15) is 5.69 Å². The zero-order chi connectivity index (χ0) is 9.97. The maximum atomic E-state index is 4.46. The fraction of sp³-hybridized carbons (Fsp3) is 0.333. The molecule has 0 unspecified atom stereocenters. The fourth-order valence-corrected chi connectivity index (χ4v) is 1.87. The summed E-state index contributed by atoms with van der Waals surface area (Å²) >= 11 is 1.62. The molecule has 0 aromatic carbocycles. The normalized spacial score (nSPS) is 11.0. The van der Waals surface area contributed by atoms with E-state index >= 15 is 0 Å². The molecule has 1 N–H and O–H groups in total. The van der Waals surface area contributed by atoms with Crippen molar-refractivity contribution in [2.24, 2.45) is 0 Å². The third-order valence-electron chi connectivity index (χ3n) is 1.94. The summed E-state index contributed by atoms with van der Waals surface area (Å²) in [5, 5.41) is 4.05. The molecule has 74 valence electrons. The van der Waals surface area contributed by atoms with Crippen LogP contribution in [-0.4, -0.2) is 27.7 Å². The molecule has 2 heterocycles. The Balaban J connectivity index is 2.52. The van der Waals surface area contributed by atoms with Crippen molar-refractivity contribution >= 4 is 17.4 Å². The highest BCUT2D eigenvalue weighted by Gasteiger charge is 2.04. The van der Waals surface area contributed by atoms with Gasteiger partial charge in [-0.15, -0.1) is 0 Å². The van der Waals surface area contributed by atoms with E-state index in [1.165, 1.54) is 0 Å². The van der Waals surface area contributed by atoms with E-state index in [1.807, 2.05) is 30.0 Å². The highest BCUT2D eigenvalue weighted by molar-refractivity contribution is 7.98. The predicted molar refractivity (Wildman–Crippen MR) is 57.5 cm³/mol. The first-order chi connectivity index (χ1) is 6.85. The van der Waals surface area contributed by atoms with Gasteiger partial charge in [0.15, 0.2) is 5.16 Å². The molecule has 0 aliphatic heterocycles. The van der Waals surface area contributed by atoms with E-state index < -0.39 is 0 Å². The molecule has 4 nitrogen and oxygen atoms in total. The summed E-state index contributed by atoms with van der Waals surface area (Å²) in [5.41, 5.74) is 1.99. The molecule has 2 rings (SSSR count). The molecule has 2 aromatic rings. The third-order valence-corrected chi connectivity index (χ3v) is 2.61. The summed E-state index contributed by atoms with van der Waals surface area (Å²) in [6.07, 6.45) is 5.82. The summed E-state index contributed by atoms with van der Waals surface area (Å²) in [6.45, 7) is 0.787. The van der Waals surface area contributed by atoms with E-state index in [-0.39, 0.29) is 0 Å². The van der Waals surface area contributed by atoms with Crippen LogP contribution in [0.5, 0.6) is 0 Å². The standard InChI is InChI=1S/C9H12N4S/c1-10-5-7-6-13-8(12-7)3-4-11-9(13)14-2/h3-4,6,10H,5H2,1-2H3. The molecule has 0 radical (unpaired) electrons. The number of nitrogens with one attached hydrogen (secondary N) is 1. The van der Waals surface area contributed by atoms with Gasteiger partial charge < -0.3 is 5.32 Å². The molecule has 2 aromatic heterocycles. The Morgan fingerprint density at radius 3 is 3.14 bits per heavy atom. The van der Waals surface area contributed by atoms with Crippen LogP contribution < -0.4 is 5.32 Å². The van der Waals surface area contributed by atoms with Crippen LogP contribution in [0, 0.1) is 0 Å². The van der Waals surface area contributed by atoms with Crippen molar-refractivity contribution in [3.05, 3.63) is 24.2 Å². The maximum Gasteiger partial charge on any atom is 0.173 e. The van der Waals surface area contributed by atoms with E-state index in [1.54, 1.807) is 18.0 Å². The lowest BCUT2D eigenvalue weighted by molar-refractivity contribution is 0.796. The molecule has 0 spiro atoms. The van der Waals surface area contributed by atoms with Gasteiger partial charge in [-0.3, -0.25) is 4.40 Å². The highest BCUT2D eigenvalue weighted by Crippen LogP contribution is 2.14. The minimum Gasteiger partial charge on any atom is -0.314 e. The first-order valence-corrected chi connectivity index (χ1v) is 5.59. The smallest absolute Gasteiger partial charge is 0.173 e. The highest BCUT2D eigenvalue weighted by atomic mass is 32.2. The van der Waals surface area contributed by atoms with E-state index in [9.17, 15) is 0 Å². The van der Waals surface area contributed by atoms with E-state index in [2.05, 4.69) is 15.3 Å². The van der Waals surface area contributed by atoms with Crippen molar-refractivity contribution in [2.75, 3.05) is 13.3 Å². The summed E-state index contributed by atoms with van der Waals surface area (Å²) in [5.74, 6) is 0. The second kappa shape index (κ2) is 3.98. The Labute approximate surface area is 86.8 Å². The summed E-state index contributed by atoms with van der Waals surface area (Å²) in [7, 11) is 1.91. The average Bonchev–Trinajstić information content (AvgIpc) is 2.60. The number of hydrogen-bond donors (Lipinski definition) is 1. The molecule has 0 aliphatic rings. The lowest BCUT2D eigenvalue weighted by Gasteiger charge is -1.97. The summed E-state index contributed by atoms with van der Waals surface area (Å²) in [4.78, 5) is 8.72. The molecule has 0 saturated heterocycles. The van der Waals surface area contributed by atoms with E-state index in [0.29, 0.717) is 0 Å². The lowest BCUT2D eigenvalue weighted by atomic mass is 10.5. The van der Waals surface area contributed by atoms with Crippen LogP contribution in [0.4, 0.5) is 0 Å². The minimum atomic E-state index is 0.787. The molecule has 0 fully saturated rings. The van der Waals surface area contributed by atoms with Crippen molar-refractivity contribution in [3.8, 4) is 0 Å². The predicted octanol–water partition coefficient (Wildman–Crippen LogP) is 1.17. The van der Waals surface area contributed by atoms with Crippen molar-refractivity contribution in [1.29, 1.82) is 0 Å². The van der Waals surface area contributed by atoms with Crippen LogP contribution in [0.25, 0.3) is 5.65 Å². The Kier molecular flexibility index (Phi) is 2.69.